The van der Waals surface area contributed by atoms with Gasteiger partial charge in [-0.25, -0.2) is 8.78 Å². The number of carbonyl (C=O) groups excluding carboxylic acids is 1. The molecule has 100 valence electrons. The molecule has 0 atom stereocenters. The Bertz CT molecular complexity index is 535. The van der Waals surface area contributed by atoms with Crippen LogP contribution in [0.3, 0.4) is 0 Å². The SMILES string of the molecule is N#Cc1ccc(NCCNC(=O)C2CC2)c(F)c1F. The van der Waals surface area contributed by atoms with Crippen LogP contribution in [0.2, 0.25) is 0 Å². The van der Waals surface area contributed by atoms with Crippen molar-refractivity contribution in [3.05, 3.63) is 29.3 Å². The van der Waals surface area contributed by atoms with Crippen molar-refractivity contribution in [3.8, 4) is 6.07 Å². The number of nitrogens with one attached hydrogen (secondary N) is 2. The molecule has 2 rings (SSSR count). The quantitative estimate of drug-likeness (QED) is 0.797. The number of benzene rings is 1. The average Bonchev–Trinajstić information content (AvgIpc) is 3.23. The number of hydrogen-bond donors (Lipinski definition) is 2. The molecule has 1 aliphatic rings. The first-order chi connectivity index (χ1) is 9.13. The lowest BCUT2D eigenvalue weighted by Crippen LogP contribution is -2.30. The van der Waals surface area contributed by atoms with E-state index in [1.807, 2.05) is 0 Å². The van der Waals surface area contributed by atoms with E-state index in [0.717, 1.165) is 12.8 Å². The van der Waals surface area contributed by atoms with Crippen molar-refractivity contribution in [2.75, 3.05) is 18.4 Å². The molecule has 0 radical (unpaired) electrons. The molecule has 0 spiro atoms. The summed E-state index contributed by atoms with van der Waals surface area (Å²) >= 11 is 0. The predicted octanol–water partition coefficient (Wildman–Crippen LogP) is 1.77. The van der Waals surface area contributed by atoms with Crippen molar-refractivity contribution in [2.24, 2.45) is 5.92 Å². The second kappa shape index (κ2) is 5.65. The van der Waals surface area contributed by atoms with Gasteiger partial charge in [-0.3, -0.25) is 4.79 Å². The normalized spacial score (nSPS) is 13.7. The largest absolute Gasteiger partial charge is 0.381 e. The molecule has 0 aromatic heterocycles. The minimum Gasteiger partial charge on any atom is -0.381 e. The number of nitrogens with zero attached hydrogens (tertiary/aromatic N) is 1. The Hall–Kier alpha value is -2.16. The van der Waals surface area contributed by atoms with E-state index in [1.54, 1.807) is 6.07 Å². The van der Waals surface area contributed by atoms with E-state index >= 15 is 0 Å². The first-order valence-electron chi connectivity index (χ1n) is 6.03. The summed E-state index contributed by atoms with van der Waals surface area (Å²) in [5.41, 5.74) is -0.345. The van der Waals surface area contributed by atoms with Gasteiger partial charge in [0.15, 0.2) is 11.6 Å². The maximum absolute atomic E-state index is 13.5. The molecule has 0 aliphatic heterocycles. The molecule has 0 heterocycles. The number of anilines is 1. The van der Waals surface area contributed by atoms with E-state index in [1.165, 1.54) is 12.1 Å². The molecule has 0 unspecified atom stereocenters. The van der Waals surface area contributed by atoms with Gasteiger partial charge in [-0.15, -0.1) is 0 Å². The van der Waals surface area contributed by atoms with Crippen molar-refractivity contribution >= 4 is 11.6 Å². The van der Waals surface area contributed by atoms with Crippen LogP contribution in [0, 0.1) is 28.9 Å². The van der Waals surface area contributed by atoms with Gasteiger partial charge >= 0.3 is 0 Å². The van der Waals surface area contributed by atoms with Gasteiger partial charge in [-0.2, -0.15) is 5.26 Å². The maximum atomic E-state index is 13.5. The van der Waals surface area contributed by atoms with Gasteiger partial charge in [0.2, 0.25) is 5.91 Å². The molecule has 1 aliphatic carbocycles. The summed E-state index contributed by atoms with van der Waals surface area (Å²) < 4.78 is 26.8. The third-order valence-electron chi connectivity index (χ3n) is 2.89. The van der Waals surface area contributed by atoms with E-state index < -0.39 is 11.6 Å². The molecule has 0 saturated heterocycles. The van der Waals surface area contributed by atoms with Crippen molar-refractivity contribution in [2.45, 2.75) is 12.8 Å². The Kier molecular flexibility index (Phi) is 3.95. The highest BCUT2D eigenvalue weighted by atomic mass is 19.2. The lowest BCUT2D eigenvalue weighted by Gasteiger charge is -2.09. The Morgan fingerprint density at radius 2 is 2.05 bits per heavy atom. The summed E-state index contributed by atoms with van der Waals surface area (Å²) in [5.74, 6) is -2.10. The first-order valence-corrected chi connectivity index (χ1v) is 6.03. The molecule has 1 amide bonds. The minimum atomic E-state index is -1.16. The van der Waals surface area contributed by atoms with Crippen molar-refractivity contribution in [3.63, 3.8) is 0 Å². The van der Waals surface area contributed by atoms with E-state index in [4.69, 9.17) is 5.26 Å². The van der Waals surface area contributed by atoms with Gasteiger partial charge in [-0.1, -0.05) is 0 Å². The molecular weight excluding hydrogens is 252 g/mol. The molecule has 1 aromatic rings. The molecule has 4 nitrogen and oxygen atoms in total. The fourth-order valence-corrected chi connectivity index (χ4v) is 1.65. The lowest BCUT2D eigenvalue weighted by molar-refractivity contribution is -0.122. The van der Waals surface area contributed by atoms with Gasteiger partial charge in [0.1, 0.15) is 6.07 Å². The van der Waals surface area contributed by atoms with Crippen LogP contribution in [0.25, 0.3) is 0 Å². The number of carbonyl (C=O) groups is 1. The number of amides is 1. The third kappa shape index (κ3) is 3.19. The molecule has 1 aromatic carbocycles. The Morgan fingerprint density at radius 1 is 1.32 bits per heavy atom. The standard InChI is InChI=1S/C13H13F2N3O/c14-11-9(7-16)3-4-10(12(11)15)17-5-6-18-13(19)8-1-2-8/h3-4,8,17H,1-2,5-6H2,(H,18,19). The Balaban J connectivity index is 1.84. The molecule has 6 heteroatoms. The average molecular weight is 265 g/mol. The summed E-state index contributed by atoms with van der Waals surface area (Å²) in [6.07, 6.45) is 1.85. The van der Waals surface area contributed by atoms with Crippen LogP contribution in [-0.4, -0.2) is 19.0 Å². The first kappa shape index (κ1) is 13.3. The molecule has 1 saturated carbocycles. The molecular formula is C13H13F2N3O. The summed E-state index contributed by atoms with van der Waals surface area (Å²) in [5, 5.41) is 13.9. The number of nitriles is 1. The van der Waals surface area contributed by atoms with E-state index in [-0.39, 0.29) is 23.1 Å². The molecule has 1 fully saturated rings. The zero-order valence-electron chi connectivity index (χ0n) is 10.2. The Morgan fingerprint density at radius 3 is 2.68 bits per heavy atom. The maximum Gasteiger partial charge on any atom is 0.223 e. The summed E-state index contributed by atoms with van der Waals surface area (Å²) in [6.45, 7) is 0.636. The van der Waals surface area contributed by atoms with Crippen LogP contribution in [0.15, 0.2) is 12.1 Å². The van der Waals surface area contributed by atoms with Crippen LogP contribution in [0.1, 0.15) is 18.4 Å². The number of halogens is 2. The van der Waals surface area contributed by atoms with Gasteiger partial charge in [0.05, 0.1) is 11.3 Å². The van der Waals surface area contributed by atoms with Crippen LogP contribution in [0.4, 0.5) is 14.5 Å². The monoisotopic (exact) mass is 265 g/mol. The highest BCUT2D eigenvalue weighted by Gasteiger charge is 2.28. The second-order valence-corrected chi connectivity index (χ2v) is 4.39. The lowest BCUT2D eigenvalue weighted by atomic mass is 10.2. The molecule has 19 heavy (non-hydrogen) atoms. The van der Waals surface area contributed by atoms with Crippen molar-refractivity contribution in [1.82, 2.24) is 5.32 Å². The van der Waals surface area contributed by atoms with Crippen LogP contribution >= 0.6 is 0 Å². The Labute approximate surface area is 109 Å². The number of hydrogen-bond acceptors (Lipinski definition) is 3. The summed E-state index contributed by atoms with van der Waals surface area (Å²) in [6, 6.07) is 4.08. The van der Waals surface area contributed by atoms with Gasteiger partial charge in [-0.05, 0) is 25.0 Å². The highest BCUT2D eigenvalue weighted by molar-refractivity contribution is 5.80. The minimum absolute atomic E-state index is 0.00767. The second-order valence-electron chi connectivity index (χ2n) is 4.39. The molecule has 0 bridgehead atoms. The summed E-state index contributed by atoms with van der Waals surface area (Å²) in [7, 11) is 0. The smallest absolute Gasteiger partial charge is 0.223 e. The van der Waals surface area contributed by atoms with Crippen LogP contribution in [-0.2, 0) is 4.79 Å². The van der Waals surface area contributed by atoms with Crippen LogP contribution < -0.4 is 10.6 Å². The van der Waals surface area contributed by atoms with Crippen molar-refractivity contribution < 1.29 is 13.6 Å². The van der Waals surface area contributed by atoms with Gasteiger partial charge in [0.25, 0.3) is 0 Å². The number of rotatable bonds is 5. The van der Waals surface area contributed by atoms with Crippen molar-refractivity contribution in [1.29, 1.82) is 5.26 Å². The third-order valence-corrected chi connectivity index (χ3v) is 2.89. The fraction of sp³-hybridized carbons (Fsp3) is 0.385. The zero-order chi connectivity index (χ0) is 13.8. The highest BCUT2D eigenvalue weighted by Crippen LogP contribution is 2.28. The van der Waals surface area contributed by atoms with E-state index in [2.05, 4.69) is 10.6 Å². The van der Waals surface area contributed by atoms with E-state index in [9.17, 15) is 13.6 Å². The predicted molar refractivity (Wildman–Crippen MR) is 65.3 cm³/mol. The van der Waals surface area contributed by atoms with Gasteiger partial charge in [0, 0.05) is 19.0 Å². The molecule has 2 N–H and O–H groups in total. The fourth-order valence-electron chi connectivity index (χ4n) is 1.65. The summed E-state index contributed by atoms with van der Waals surface area (Å²) in [4.78, 5) is 11.3. The zero-order valence-corrected chi connectivity index (χ0v) is 10.2. The van der Waals surface area contributed by atoms with Crippen LogP contribution in [0.5, 0.6) is 0 Å². The van der Waals surface area contributed by atoms with E-state index in [0.29, 0.717) is 13.1 Å². The van der Waals surface area contributed by atoms with Gasteiger partial charge < -0.3 is 10.6 Å². The topological polar surface area (TPSA) is 64.9 Å².